The van der Waals surface area contributed by atoms with Gasteiger partial charge >= 0.3 is 12.1 Å². The fourth-order valence-electron chi connectivity index (χ4n) is 1.65. The second kappa shape index (κ2) is 6.23. The van der Waals surface area contributed by atoms with E-state index in [1.807, 2.05) is 0 Å². The van der Waals surface area contributed by atoms with Crippen molar-refractivity contribution in [3.05, 3.63) is 35.4 Å². The number of hydrogen-bond donors (Lipinski definition) is 2. The van der Waals surface area contributed by atoms with Gasteiger partial charge in [0.1, 0.15) is 6.04 Å². The second-order valence-corrected chi connectivity index (χ2v) is 4.59. The van der Waals surface area contributed by atoms with Crippen molar-refractivity contribution in [1.82, 2.24) is 4.90 Å². The molecule has 2 atom stereocenters. The van der Waals surface area contributed by atoms with Crippen LogP contribution in [0.1, 0.15) is 24.2 Å². The average Bonchev–Trinajstić information content (AvgIpc) is 2.36. The lowest BCUT2D eigenvalue weighted by molar-refractivity contribution is -0.142. The number of carboxylic acids is 1. The van der Waals surface area contributed by atoms with Gasteiger partial charge in [-0.15, -0.1) is 0 Å². The first-order chi connectivity index (χ1) is 9.12. The number of aliphatic carboxylic acids is 1. The van der Waals surface area contributed by atoms with E-state index >= 15 is 0 Å². The van der Waals surface area contributed by atoms with Crippen LogP contribution in [0.5, 0.6) is 0 Å². The molecule has 0 saturated heterocycles. The summed E-state index contributed by atoms with van der Waals surface area (Å²) >= 11 is 0. The van der Waals surface area contributed by atoms with Crippen LogP contribution >= 0.6 is 0 Å². The van der Waals surface area contributed by atoms with Crippen LogP contribution in [0.15, 0.2) is 24.3 Å². The Morgan fingerprint density at radius 2 is 2.00 bits per heavy atom. The number of rotatable bonds is 5. The average molecular weight is 291 g/mol. The zero-order chi connectivity index (χ0) is 15.5. The Balaban J connectivity index is 2.83. The molecule has 0 amide bonds. The number of halogens is 3. The monoisotopic (exact) mass is 291 g/mol. The number of likely N-dealkylation sites (N-methyl/N-ethyl adjacent to an activating group) is 1. The van der Waals surface area contributed by atoms with E-state index in [0.717, 1.165) is 12.1 Å². The highest BCUT2D eigenvalue weighted by Gasteiger charge is 2.31. The van der Waals surface area contributed by atoms with Crippen molar-refractivity contribution in [2.24, 2.45) is 0 Å². The van der Waals surface area contributed by atoms with Crippen LogP contribution in [0.2, 0.25) is 0 Å². The van der Waals surface area contributed by atoms with E-state index < -0.39 is 29.9 Å². The van der Waals surface area contributed by atoms with Crippen LogP contribution < -0.4 is 0 Å². The number of alkyl halides is 3. The first kappa shape index (κ1) is 16.5. The maximum Gasteiger partial charge on any atom is 0.416 e. The van der Waals surface area contributed by atoms with Crippen LogP contribution in [0.4, 0.5) is 13.2 Å². The lowest BCUT2D eigenvalue weighted by Crippen LogP contribution is -2.38. The minimum Gasteiger partial charge on any atom is -0.480 e. The van der Waals surface area contributed by atoms with Gasteiger partial charge in [-0.2, -0.15) is 13.2 Å². The Bertz CT molecular complexity index is 476. The molecular formula is C13H16F3NO3. The van der Waals surface area contributed by atoms with Gasteiger partial charge in [0.15, 0.2) is 0 Å². The molecule has 0 aliphatic rings. The van der Waals surface area contributed by atoms with Gasteiger partial charge in [0.2, 0.25) is 0 Å². The number of benzene rings is 1. The molecule has 0 saturated carbocycles. The van der Waals surface area contributed by atoms with Crippen molar-refractivity contribution in [3.63, 3.8) is 0 Å². The van der Waals surface area contributed by atoms with Crippen molar-refractivity contribution in [2.45, 2.75) is 25.2 Å². The molecule has 2 unspecified atom stereocenters. The normalized spacial score (nSPS) is 15.2. The molecule has 2 N–H and O–H groups in total. The summed E-state index contributed by atoms with van der Waals surface area (Å²) in [6, 6.07) is 3.53. The van der Waals surface area contributed by atoms with Gasteiger partial charge in [0.25, 0.3) is 0 Å². The Kier molecular flexibility index (Phi) is 5.13. The van der Waals surface area contributed by atoms with E-state index in [2.05, 4.69) is 0 Å². The summed E-state index contributed by atoms with van der Waals surface area (Å²) in [5, 5.41) is 18.7. The van der Waals surface area contributed by atoms with Crippen LogP contribution in [0.3, 0.4) is 0 Å². The zero-order valence-electron chi connectivity index (χ0n) is 11.1. The minimum atomic E-state index is -4.48. The highest BCUT2D eigenvalue weighted by atomic mass is 19.4. The van der Waals surface area contributed by atoms with Crippen molar-refractivity contribution in [3.8, 4) is 0 Å². The zero-order valence-corrected chi connectivity index (χ0v) is 11.1. The first-order valence-corrected chi connectivity index (χ1v) is 5.91. The maximum absolute atomic E-state index is 12.6. The van der Waals surface area contributed by atoms with Gasteiger partial charge in [-0.3, -0.25) is 9.69 Å². The molecule has 0 fully saturated rings. The molecule has 0 heterocycles. The number of carbonyl (C=O) groups is 1. The Morgan fingerprint density at radius 1 is 1.40 bits per heavy atom. The van der Waals surface area contributed by atoms with Crippen molar-refractivity contribution in [1.29, 1.82) is 0 Å². The smallest absolute Gasteiger partial charge is 0.416 e. The third-order valence-corrected chi connectivity index (χ3v) is 3.08. The number of nitrogens with zero attached hydrogens (tertiary/aromatic N) is 1. The van der Waals surface area contributed by atoms with E-state index in [1.54, 1.807) is 0 Å². The van der Waals surface area contributed by atoms with Gasteiger partial charge in [-0.05, 0) is 31.7 Å². The summed E-state index contributed by atoms with van der Waals surface area (Å²) in [6.45, 7) is 1.36. The molecule has 112 valence electrons. The number of aliphatic hydroxyl groups excluding tert-OH is 1. The molecule has 0 aliphatic heterocycles. The molecule has 0 bridgehead atoms. The van der Waals surface area contributed by atoms with Gasteiger partial charge in [0, 0.05) is 6.54 Å². The SMILES string of the molecule is CC(C(=O)O)N(C)CC(O)c1cccc(C(F)(F)F)c1. The predicted octanol–water partition coefficient (Wildman–Crippen LogP) is 2.14. The second-order valence-electron chi connectivity index (χ2n) is 4.59. The van der Waals surface area contributed by atoms with E-state index in [-0.39, 0.29) is 12.1 Å². The van der Waals surface area contributed by atoms with Gasteiger partial charge in [-0.1, -0.05) is 12.1 Å². The van der Waals surface area contributed by atoms with E-state index in [0.29, 0.717) is 0 Å². The predicted molar refractivity (Wildman–Crippen MR) is 66.1 cm³/mol. The standard InChI is InChI=1S/C13H16F3NO3/c1-8(12(19)20)17(2)7-11(18)9-4-3-5-10(6-9)13(14,15)16/h3-6,8,11,18H,7H2,1-2H3,(H,19,20). The fraction of sp³-hybridized carbons (Fsp3) is 0.462. The summed E-state index contributed by atoms with van der Waals surface area (Å²) in [5.74, 6) is -1.07. The van der Waals surface area contributed by atoms with Crippen molar-refractivity contribution in [2.75, 3.05) is 13.6 Å². The largest absolute Gasteiger partial charge is 0.480 e. The molecule has 7 heteroatoms. The summed E-state index contributed by atoms with van der Waals surface area (Å²) in [7, 11) is 1.48. The molecule has 4 nitrogen and oxygen atoms in total. The lowest BCUT2D eigenvalue weighted by atomic mass is 10.0. The quantitative estimate of drug-likeness (QED) is 0.872. The molecule has 0 radical (unpaired) electrons. The molecule has 0 aromatic heterocycles. The Labute approximate surface area is 114 Å². The van der Waals surface area contributed by atoms with Gasteiger partial charge in [-0.25, -0.2) is 0 Å². The molecule has 1 aromatic carbocycles. The third-order valence-electron chi connectivity index (χ3n) is 3.08. The molecule has 0 spiro atoms. The minimum absolute atomic E-state index is 0.0746. The van der Waals surface area contributed by atoms with Crippen LogP contribution in [0.25, 0.3) is 0 Å². The molecule has 20 heavy (non-hydrogen) atoms. The number of carboxylic acid groups (broad SMARTS) is 1. The molecule has 1 aromatic rings. The summed E-state index contributed by atoms with van der Waals surface area (Å²) < 4.78 is 37.7. The first-order valence-electron chi connectivity index (χ1n) is 5.91. The fourth-order valence-corrected chi connectivity index (χ4v) is 1.65. The van der Waals surface area contributed by atoms with Crippen LogP contribution in [0, 0.1) is 0 Å². The number of hydrogen-bond acceptors (Lipinski definition) is 3. The summed E-state index contributed by atoms with van der Waals surface area (Å²) in [4.78, 5) is 12.1. The highest BCUT2D eigenvalue weighted by molar-refractivity contribution is 5.72. The lowest BCUT2D eigenvalue weighted by Gasteiger charge is -2.24. The highest BCUT2D eigenvalue weighted by Crippen LogP contribution is 2.30. The van der Waals surface area contributed by atoms with Gasteiger partial charge < -0.3 is 10.2 Å². The molecule has 1 rings (SSSR count). The third kappa shape index (κ3) is 4.21. The topological polar surface area (TPSA) is 60.8 Å². The van der Waals surface area contributed by atoms with Crippen LogP contribution in [-0.2, 0) is 11.0 Å². The number of aliphatic hydroxyl groups is 1. The summed E-state index contributed by atoms with van der Waals surface area (Å²) in [6.07, 6.45) is -5.67. The molecular weight excluding hydrogens is 275 g/mol. The summed E-state index contributed by atoms with van der Waals surface area (Å²) in [5.41, 5.74) is -0.743. The molecule has 0 aliphatic carbocycles. The Hall–Kier alpha value is -1.60. The van der Waals surface area contributed by atoms with Crippen molar-refractivity contribution >= 4 is 5.97 Å². The Morgan fingerprint density at radius 3 is 2.50 bits per heavy atom. The van der Waals surface area contributed by atoms with Crippen molar-refractivity contribution < 1.29 is 28.2 Å². The van der Waals surface area contributed by atoms with E-state index in [1.165, 1.54) is 31.0 Å². The van der Waals surface area contributed by atoms with E-state index in [4.69, 9.17) is 5.11 Å². The maximum atomic E-state index is 12.6. The van der Waals surface area contributed by atoms with Crippen LogP contribution in [-0.4, -0.2) is 40.7 Å². The van der Waals surface area contributed by atoms with Gasteiger partial charge in [0.05, 0.1) is 11.7 Å². The van der Waals surface area contributed by atoms with E-state index in [9.17, 15) is 23.1 Å².